The van der Waals surface area contributed by atoms with Crippen molar-refractivity contribution in [1.82, 2.24) is 20.2 Å². The molecule has 0 saturated heterocycles. The highest BCUT2D eigenvalue weighted by molar-refractivity contribution is 7.13. The summed E-state index contributed by atoms with van der Waals surface area (Å²) in [5.74, 6) is 0. The number of hydrogen-bond donors (Lipinski definition) is 1. The summed E-state index contributed by atoms with van der Waals surface area (Å²) in [6, 6.07) is 16.5. The second-order valence-corrected chi connectivity index (χ2v) is 6.97. The number of rotatable bonds is 9. The van der Waals surface area contributed by atoms with Crippen molar-refractivity contribution in [3.63, 3.8) is 0 Å². The van der Waals surface area contributed by atoms with Gasteiger partial charge in [-0.3, -0.25) is 4.98 Å². The second-order valence-electron chi connectivity index (χ2n) is 6.11. The number of nitrogens with zero attached hydrogens (tertiary/aromatic N) is 3. The standard InChI is InChI=1S/C20H24N4S/c1-24(15-17-8-3-2-4-9-17)13-7-11-21-14-18-16-25-20(23-18)19-10-5-6-12-22-19/h2-6,8-10,12,16,21H,7,11,13-15H2,1H3. The van der Waals surface area contributed by atoms with Crippen molar-refractivity contribution in [1.29, 1.82) is 0 Å². The van der Waals surface area contributed by atoms with Crippen molar-refractivity contribution in [2.75, 3.05) is 20.1 Å². The molecule has 0 radical (unpaired) electrons. The topological polar surface area (TPSA) is 41.0 Å². The van der Waals surface area contributed by atoms with E-state index in [9.17, 15) is 0 Å². The minimum absolute atomic E-state index is 0.811. The summed E-state index contributed by atoms with van der Waals surface area (Å²) in [5.41, 5.74) is 3.40. The average molecular weight is 353 g/mol. The van der Waals surface area contributed by atoms with Crippen LogP contribution in [0.25, 0.3) is 10.7 Å². The lowest BCUT2D eigenvalue weighted by atomic mass is 10.2. The maximum absolute atomic E-state index is 4.65. The van der Waals surface area contributed by atoms with Crippen molar-refractivity contribution in [2.45, 2.75) is 19.5 Å². The van der Waals surface area contributed by atoms with Crippen LogP contribution in [-0.2, 0) is 13.1 Å². The van der Waals surface area contributed by atoms with E-state index < -0.39 is 0 Å². The number of benzene rings is 1. The maximum atomic E-state index is 4.65. The zero-order valence-corrected chi connectivity index (χ0v) is 15.4. The van der Waals surface area contributed by atoms with Crippen molar-refractivity contribution in [3.05, 3.63) is 71.4 Å². The van der Waals surface area contributed by atoms with E-state index in [1.165, 1.54) is 5.56 Å². The normalized spacial score (nSPS) is 11.1. The van der Waals surface area contributed by atoms with Gasteiger partial charge in [0.15, 0.2) is 0 Å². The van der Waals surface area contributed by atoms with Crippen LogP contribution in [0.5, 0.6) is 0 Å². The summed E-state index contributed by atoms with van der Waals surface area (Å²) < 4.78 is 0. The quantitative estimate of drug-likeness (QED) is 0.595. The molecule has 0 saturated carbocycles. The number of pyridine rings is 1. The highest BCUT2D eigenvalue weighted by Crippen LogP contribution is 2.21. The molecular formula is C20H24N4S. The summed E-state index contributed by atoms with van der Waals surface area (Å²) >= 11 is 1.65. The smallest absolute Gasteiger partial charge is 0.142 e. The van der Waals surface area contributed by atoms with E-state index in [4.69, 9.17) is 0 Å². The van der Waals surface area contributed by atoms with Gasteiger partial charge in [0.2, 0.25) is 0 Å². The number of aromatic nitrogens is 2. The predicted octanol–water partition coefficient (Wildman–Crippen LogP) is 3.82. The van der Waals surface area contributed by atoms with Crippen LogP contribution in [0.2, 0.25) is 0 Å². The molecule has 130 valence electrons. The Hall–Kier alpha value is -2.08. The summed E-state index contributed by atoms with van der Waals surface area (Å²) in [4.78, 5) is 11.4. The Morgan fingerprint density at radius 2 is 1.92 bits per heavy atom. The third-order valence-corrected chi connectivity index (χ3v) is 4.84. The molecule has 0 aliphatic rings. The highest BCUT2D eigenvalue weighted by atomic mass is 32.1. The van der Waals surface area contributed by atoms with Crippen molar-refractivity contribution < 1.29 is 0 Å². The molecule has 2 heterocycles. The molecule has 0 spiro atoms. The molecule has 1 aromatic carbocycles. The molecule has 0 bridgehead atoms. The lowest BCUT2D eigenvalue weighted by molar-refractivity contribution is 0.319. The Labute approximate surface area is 153 Å². The van der Waals surface area contributed by atoms with Gasteiger partial charge in [0.1, 0.15) is 5.01 Å². The first-order valence-electron chi connectivity index (χ1n) is 8.60. The van der Waals surface area contributed by atoms with Gasteiger partial charge in [0.05, 0.1) is 11.4 Å². The van der Waals surface area contributed by atoms with Gasteiger partial charge in [0, 0.05) is 24.7 Å². The first-order chi connectivity index (χ1) is 12.3. The Morgan fingerprint density at radius 3 is 2.72 bits per heavy atom. The third-order valence-electron chi connectivity index (χ3n) is 3.93. The van der Waals surface area contributed by atoms with Crippen LogP contribution in [-0.4, -0.2) is 35.0 Å². The van der Waals surface area contributed by atoms with Crippen molar-refractivity contribution in [3.8, 4) is 10.7 Å². The number of hydrogen-bond acceptors (Lipinski definition) is 5. The lowest BCUT2D eigenvalue weighted by Crippen LogP contribution is -2.23. The van der Waals surface area contributed by atoms with Gasteiger partial charge >= 0.3 is 0 Å². The van der Waals surface area contributed by atoms with Gasteiger partial charge in [-0.25, -0.2) is 4.98 Å². The molecule has 4 nitrogen and oxygen atoms in total. The predicted molar refractivity (Wildman–Crippen MR) is 104 cm³/mol. The van der Waals surface area contributed by atoms with Crippen LogP contribution >= 0.6 is 11.3 Å². The van der Waals surface area contributed by atoms with Gasteiger partial charge in [-0.1, -0.05) is 36.4 Å². The van der Waals surface area contributed by atoms with E-state index in [1.807, 2.05) is 18.2 Å². The maximum Gasteiger partial charge on any atom is 0.142 e. The monoisotopic (exact) mass is 352 g/mol. The fourth-order valence-corrected chi connectivity index (χ4v) is 3.45. The minimum atomic E-state index is 0.811. The summed E-state index contributed by atoms with van der Waals surface area (Å²) in [6.07, 6.45) is 2.93. The summed E-state index contributed by atoms with van der Waals surface area (Å²) in [6.45, 7) is 3.89. The van der Waals surface area contributed by atoms with E-state index in [0.29, 0.717) is 0 Å². The van der Waals surface area contributed by atoms with Gasteiger partial charge in [-0.2, -0.15) is 0 Å². The van der Waals surface area contributed by atoms with Crippen LogP contribution in [0, 0.1) is 0 Å². The van der Waals surface area contributed by atoms with E-state index in [0.717, 1.165) is 49.0 Å². The van der Waals surface area contributed by atoms with Crippen LogP contribution < -0.4 is 5.32 Å². The van der Waals surface area contributed by atoms with Crippen LogP contribution in [0.4, 0.5) is 0 Å². The summed E-state index contributed by atoms with van der Waals surface area (Å²) in [5, 5.41) is 6.58. The van der Waals surface area contributed by atoms with Gasteiger partial charge in [-0.05, 0) is 44.3 Å². The first kappa shape index (κ1) is 17.7. The Kier molecular flexibility index (Phi) is 6.68. The van der Waals surface area contributed by atoms with Crippen LogP contribution in [0.1, 0.15) is 17.7 Å². The summed E-state index contributed by atoms with van der Waals surface area (Å²) in [7, 11) is 2.17. The molecule has 25 heavy (non-hydrogen) atoms. The van der Waals surface area contributed by atoms with Gasteiger partial charge < -0.3 is 10.2 Å². The molecule has 0 atom stereocenters. The van der Waals surface area contributed by atoms with E-state index in [2.05, 4.69) is 62.9 Å². The van der Waals surface area contributed by atoms with Crippen molar-refractivity contribution >= 4 is 11.3 Å². The molecule has 3 aromatic rings. The van der Waals surface area contributed by atoms with Crippen molar-refractivity contribution in [2.24, 2.45) is 0 Å². The number of thiazole rings is 1. The molecule has 0 aliphatic heterocycles. The molecule has 0 fully saturated rings. The largest absolute Gasteiger partial charge is 0.311 e. The van der Waals surface area contributed by atoms with Gasteiger partial charge in [0.25, 0.3) is 0 Å². The fraction of sp³-hybridized carbons (Fsp3) is 0.300. The molecule has 1 N–H and O–H groups in total. The molecule has 3 rings (SSSR count). The zero-order valence-electron chi connectivity index (χ0n) is 14.6. The first-order valence-corrected chi connectivity index (χ1v) is 9.48. The highest BCUT2D eigenvalue weighted by Gasteiger charge is 2.05. The van der Waals surface area contributed by atoms with E-state index >= 15 is 0 Å². The SMILES string of the molecule is CN(CCCNCc1csc(-c2ccccn2)n1)Cc1ccccc1. The lowest BCUT2D eigenvalue weighted by Gasteiger charge is -2.16. The molecule has 2 aromatic heterocycles. The van der Waals surface area contributed by atoms with Gasteiger partial charge in [-0.15, -0.1) is 11.3 Å². The Bertz CT molecular complexity index is 743. The molecule has 5 heteroatoms. The Balaban J connectivity index is 1.34. The van der Waals surface area contributed by atoms with Crippen LogP contribution in [0.3, 0.4) is 0 Å². The molecule has 0 unspecified atom stereocenters. The fourth-order valence-electron chi connectivity index (χ4n) is 2.66. The molecular weight excluding hydrogens is 328 g/mol. The second kappa shape index (κ2) is 9.42. The minimum Gasteiger partial charge on any atom is -0.311 e. The van der Waals surface area contributed by atoms with E-state index in [1.54, 1.807) is 17.5 Å². The molecule has 0 aliphatic carbocycles. The number of nitrogens with one attached hydrogen (secondary N) is 1. The average Bonchev–Trinajstić information content (AvgIpc) is 3.12. The third kappa shape index (κ3) is 5.74. The zero-order chi connectivity index (χ0) is 17.3. The van der Waals surface area contributed by atoms with E-state index in [-0.39, 0.29) is 0 Å². The van der Waals surface area contributed by atoms with Crippen LogP contribution in [0.15, 0.2) is 60.1 Å². The molecule has 0 amide bonds. The Morgan fingerprint density at radius 1 is 1.08 bits per heavy atom.